The van der Waals surface area contributed by atoms with Gasteiger partial charge in [0.2, 0.25) is 0 Å². The van der Waals surface area contributed by atoms with Crippen LogP contribution in [0.4, 0.5) is 28.8 Å². The van der Waals surface area contributed by atoms with E-state index < -0.39 is 186 Å². The van der Waals surface area contributed by atoms with Crippen LogP contribution in [0.1, 0.15) is 41.5 Å². The highest BCUT2D eigenvalue weighted by atomic mass is 16.6. The van der Waals surface area contributed by atoms with E-state index in [9.17, 15) is 9.59 Å². The first kappa shape index (κ1) is 46.1. The van der Waals surface area contributed by atoms with Crippen LogP contribution in [0.2, 0.25) is 0 Å². The zero-order valence-corrected chi connectivity index (χ0v) is 38.4. The third-order valence-corrected chi connectivity index (χ3v) is 14.3. The lowest BCUT2D eigenvalue weighted by molar-refractivity contribution is -0.225. The van der Waals surface area contributed by atoms with Crippen LogP contribution in [-0.2, 0) is 66.7 Å². The number of hydrogen-bond acceptors (Lipinski definition) is 20. The molecule has 0 bridgehead atoms. The molecule has 0 aromatic heterocycles. The van der Waals surface area contributed by atoms with Crippen molar-refractivity contribution in [2.24, 2.45) is 0 Å². The molecule has 32 nitrogen and oxygen atoms in total. The van der Waals surface area contributed by atoms with E-state index in [4.69, 9.17) is 37.9 Å². The summed E-state index contributed by atoms with van der Waals surface area (Å²) in [6.07, 6.45) is 0. The molecule has 378 valence electrons. The average Bonchev–Trinajstić information content (AvgIpc) is 3.99. The smallest absolute Gasteiger partial charge is 0.359 e. The Balaban J connectivity index is 1.30. The summed E-state index contributed by atoms with van der Waals surface area (Å²) in [6, 6.07) is -8.25. The van der Waals surface area contributed by atoms with Crippen molar-refractivity contribution in [3.63, 3.8) is 0 Å². The first-order valence-corrected chi connectivity index (χ1v) is 22.2. The van der Waals surface area contributed by atoms with Gasteiger partial charge in [0.15, 0.2) is 0 Å². The first-order chi connectivity index (χ1) is 33.5. The highest BCUT2D eigenvalue weighted by Crippen LogP contribution is 2.63. The third-order valence-electron chi connectivity index (χ3n) is 14.3. The van der Waals surface area contributed by atoms with Gasteiger partial charge in [0, 0.05) is 0 Å². The fraction of sp³-hybridized carbons (Fsp3) is 0.684. The van der Waals surface area contributed by atoms with E-state index in [0.717, 1.165) is 0 Å². The Morgan fingerprint density at radius 1 is 0.314 bits per heavy atom. The third kappa shape index (κ3) is 4.34. The first-order valence-electron chi connectivity index (χ1n) is 22.2. The highest BCUT2D eigenvalue weighted by Gasteiger charge is 2.96. The van der Waals surface area contributed by atoms with Gasteiger partial charge >= 0.3 is 72.0 Å². The maximum atomic E-state index is 16.1. The molecule has 0 aromatic rings. The monoisotopic (exact) mass is 990 g/mol. The van der Waals surface area contributed by atoms with E-state index in [0.29, 0.717) is 58.8 Å². The minimum Gasteiger partial charge on any atom is -0.463 e. The summed E-state index contributed by atoms with van der Waals surface area (Å²) >= 11 is 0. The van der Waals surface area contributed by atoms with Gasteiger partial charge in [-0.1, -0.05) is 0 Å². The van der Waals surface area contributed by atoms with Crippen molar-refractivity contribution < 1.29 is 95.4 Å². The van der Waals surface area contributed by atoms with Gasteiger partial charge in [-0.05, 0) is 41.5 Å². The molecule has 10 aliphatic rings. The van der Waals surface area contributed by atoms with Gasteiger partial charge in [0.1, 0.15) is 53.6 Å². The molecule has 0 spiro atoms. The van der Waals surface area contributed by atoms with Crippen molar-refractivity contribution in [1.82, 2.24) is 58.8 Å². The molecule has 10 saturated heterocycles. The quantitative estimate of drug-likeness (QED) is 0.137. The number of urea groups is 6. The molecule has 0 aliphatic carbocycles. The van der Waals surface area contributed by atoms with Crippen molar-refractivity contribution in [2.45, 2.75) is 75.5 Å². The SMILES string of the molecule is CCOC(=O)C12N3COCN1C(=O)N1CN4C(=O)N5CN6C(=O)N7COCN8C(=O)N(CN9C(=O)N(CN(C3=O)C12C(=O)OCC)[C@]4(C(=O)OCC)[C@@]59C(=O)OCC)C6(C(=O)OCC)C78C(=O)OCC. The second kappa shape index (κ2) is 14.9. The predicted molar refractivity (Wildman–Crippen MR) is 212 cm³/mol. The van der Waals surface area contributed by atoms with Gasteiger partial charge in [0.25, 0.3) is 34.0 Å². The molecule has 32 heteroatoms. The van der Waals surface area contributed by atoms with E-state index in [1.54, 1.807) is 0 Å². The van der Waals surface area contributed by atoms with E-state index in [2.05, 4.69) is 0 Å². The van der Waals surface area contributed by atoms with Gasteiger partial charge in [-0.15, -0.1) is 0 Å². The molecule has 0 radical (unpaired) electrons. The van der Waals surface area contributed by atoms with Crippen LogP contribution in [0, 0.1) is 0 Å². The largest absolute Gasteiger partial charge is 0.463 e. The van der Waals surface area contributed by atoms with E-state index in [-0.39, 0.29) is 13.2 Å². The Kier molecular flexibility index (Phi) is 9.83. The number of carbonyl (C=O) groups excluding carboxylic acids is 12. The Labute approximate surface area is 394 Å². The summed E-state index contributed by atoms with van der Waals surface area (Å²) in [6.45, 7) is -3.17. The summed E-state index contributed by atoms with van der Waals surface area (Å²) in [5.41, 5.74) is -18.4. The number of ether oxygens (including phenoxy) is 8. The van der Waals surface area contributed by atoms with Crippen LogP contribution in [0.25, 0.3) is 0 Å². The fourth-order valence-electron chi connectivity index (χ4n) is 12.1. The zero-order valence-electron chi connectivity index (χ0n) is 38.4. The summed E-state index contributed by atoms with van der Waals surface area (Å²) in [7, 11) is 0. The van der Waals surface area contributed by atoms with Gasteiger partial charge < -0.3 is 37.9 Å². The van der Waals surface area contributed by atoms with Crippen molar-refractivity contribution in [2.75, 3.05) is 93.2 Å². The second-order valence-electron chi connectivity index (χ2n) is 16.7. The lowest BCUT2D eigenvalue weighted by Crippen LogP contribution is -2.83. The zero-order chi connectivity index (χ0) is 50.4. The van der Waals surface area contributed by atoms with Gasteiger partial charge in [0.05, 0.1) is 39.6 Å². The fourth-order valence-corrected chi connectivity index (χ4v) is 12.1. The average molecular weight is 991 g/mol. The summed E-state index contributed by atoms with van der Waals surface area (Å²) in [4.78, 5) is 190. The van der Waals surface area contributed by atoms with Crippen molar-refractivity contribution >= 4 is 72.0 Å². The minimum absolute atomic E-state index is 0.367. The molecule has 12 amide bonds. The Bertz CT molecular complexity index is 2230. The van der Waals surface area contributed by atoms with Crippen LogP contribution < -0.4 is 0 Å². The van der Waals surface area contributed by atoms with Gasteiger partial charge in [-0.3, -0.25) is 58.8 Å². The van der Waals surface area contributed by atoms with Crippen molar-refractivity contribution in [3.8, 4) is 0 Å². The number of esters is 6. The van der Waals surface area contributed by atoms with Gasteiger partial charge in [-0.25, -0.2) is 57.5 Å². The molecule has 0 saturated carbocycles. The predicted octanol–water partition coefficient (Wildman–Crippen LogP) is -3.28. The molecular formula is C38H46N12O20. The topological polar surface area (TPSA) is 318 Å². The molecule has 10 rings (SSSR count). The van der Waals surface area contributed by atoms with E-state index in [1.165, 1.54) is 41.5 Å². The number of rotatable bonds is 12. The Morgan fingerprint density at radius 2 is 0.457 bits per heavy atom. The normalized spacial score (nSPS) is 33.0. The lowest BCUT2D eigenvalue weighted by atomic mass is 9.87. The van der Waals surface area contributed by atoms with Crippen LogP contribution in [0.5, 0.6) is 0 Å². The van der Waals surface area contributed by atoms with Gasteiger partial charge in [-0.2, -0.15) is 0 Å². The molecule has 0 unspecified atom stereocenters. The van der Waals surface area contributed by atoms with E-state index in [1.807, 2.05) is 0 Å². The number of hydrogen-bond donors (Lipinski definition) is 0. The standard InChI is InChI=1S/C38H46N12O20/c1-7-65-21(51)33-34(22(52)66-8-2)41-15-45-31(61)49-19-64-20-50-32(62)46(36(45,24(54)68-10-4)38(49,50)26(56)70-12-6)16-42(34)28(58)40(33)14-44-30(60)48-18-63-17-47-29(59)43(13-39(33)27(41)57)35(44,23(53)67-9-3)37(47,48)25(55)69-11-5/h7-20H2,1-6H3/t33-,34+,35?,36?,37?,38?. The maximum Gasteiger partial charge on any atom is 0.359 e. The molecule has 0 N–H and O–H groups in total. The molecule has 10 heterocycles. The summed E-state index contributed by atoms with van der Waals surface area (Å²) in [5, 5.41) is 0. The van der Waals surface area contributed by atoms with Crippen LogP contribution in [0.3, 0.4) is 0 Å². The van der Waals surface area contributed by atoms with Crippen molar-refractivity contribution in [1.29, 1.82) is 0 Å². The number of carbonyl (C=O) groups is 12. The molecule has 70 heavy (non-hydrogen) atoms. The van der Waals surface area contributed by atoms with Crippen LogP contribution in [-0.4, -0.2) is 258 Å². The molecule has 10 aliphatic heterocycles. The molecular weight excluding hydrogens is 944 g/mol. The molecule has 10 fully saturated rings. The summed E-state index contributed by atoms with van der Waals surface area (Å²) in [5.74, 6) is -8.80. The van der Waals surface area contributed by atoms with Crippen LogP contribution in [0.15, 0.2) is 0 Å². The van der Waals surface area contributed by atoms with Crippen molar-refractivity contribution in [3.05, 3.63) is 0 Å². The van der Waals surface area contributed by atoms with E-state index >= 15 is 47.9 Å². The summed E-state index contributed by atoms with van der Waals surface area (Å²) < 4.78 is 44.6. The highest BCUT2D eigenvalue weighted by molar-refractivity contribution is 6.14. The van der Waals surface area contributed by atoms with Crippen LogP contribution >= 0.6 is 0 Å². The number of nitrogens with zero attached hydrogens (tertiary/aromatic N) is 12. The Hall–Kier alpha value is -7.64. The molecule has 0 aromatic carbocycles. The Morgan fingerprint density at radius 3 is 0.614 bits per heavy atom. The minimum atomic E-state index is -3.31. The maximum absolute atomic E-state index is 16.1. The lowest BCUT2D eigenvalue weighted by Gasteiger charge is -2.52. The number of amides is 12. The molecule has 0 atom stereocenters. The second-order valence-corrected chi connectivity index (χ2v) is 16.7.